The lowest BCUT2D eigenvalue weighted by Gasteiger charge is -2.36. The summed E-state index contributed by atoms with van der Waals surface area (Å²) in [6.45, 7) is 6.10. The number of nitrogens with zero attached hydrogens (tertiary/aromatic N) is 3. The van der Waals surface area contributed by atoms with Crippen molar-refractivity contribution in [3.63, 3.8) is 0 Å². The smallest absolute Gasteiger partial charge is 0.0535 e. The third-order valence-corrected chi connectivity index (χ3v) is 3.75. The second-order valence-electron chi connectivity index (χ2n) is 4.99. The molecule has 2 aromatic rings. The zero-order chi connectivity index (χ0) is 13.1. The van der Waals surface area contributed by atoms with Crippen LogP contribution in [-0.2, 0) is 6.54 Å². The van der Waals surface area contributed by atoms with Gasteiger partial charge in [-0.15, -0.1) is 0 Å². The van der Waals surface area contributed by atoms with Crippen molar-refractivity contribution < 1.29 is 0 Å². The molecule has 1 fully saturated rings. The highest BCUT2D eigenvalue weighted by Gasteiger charge is 2.24. The van der Waals surface area contributed by atoms with Gasteiger partial charge in [0, 0.05) is 55.9 Å². The van der Waals surface area contributed by atoms with Crippen LogP contribution in [-0.4, -0.2) is 39.7 Å². The number of aromatic nitrogens is 3. The second kappa shape index (κ2) is 5.50. The molecule has 100 valence electrons. The highest BCUT2D eigenvalue weighted by molar-refractivity contribution is 5.19. The van der Waals surface area contributed by atoms with E-state index in [1.807, 2.05) is 18.6 Å². The van der Waals surface area contributed by atoms with E-state index in [1.54, 1.807) is 0 Å². The summed E-state index contributed by atoms with van der Waals surface area (Å²) in [5, 5.41) is 10.6. The van der Waals surface area contributed by atoms with Crippen molar-refractivity contribution in [2.45, 2.75) is 19.5 Å². The molecule has 2 N–H and O–H groups in total. The van der Waals surface area contributed by atoms with E-state index in [0.29, 0.717) is 6.04 Å². The molecule has 5 nitrogen and oxygen atoms in total. The normalized spacial score (nSPS) is 20.6. The number of rotatable bonds is 3. The Morgan fingerprint density at radius 2 is 2.21 bits per heavy atom. The van der Waals surface area contributed by atoms with E-state index in [9.17, 15) is 0 Å². The Bertz CT molecular complexity index is 522. The molecule has 1 saturated heterocycles. The Balaban J connectivity index is 1.80. The van der Waals surface area contributed by atoms with Crippen LogP contribution in [0, 0.1) is 6.92 Å². The summed E-state index contributed by atoms with van der Waals surface area (Å²) in [4.78, 5) is 6.60. The van der Waals surface area contributed by atoms with Crippen molar-refractivity contribution >= 4 is 0 Å². The second-order valence-corrected chi connectivity index (χ2v) is 4.99. The highest BCUT2D eigenvalue weighted by Crippen LogP contribution is 2.23. The first-order valence-corrected chi connectivity index (χ1v) is 6.68. The largest absolute Gasteiger partial charge is 0.314 e. The van der Waals surface area contributed by atoms with Gasteiger partial charge in [0.2, 0.25) is 0 Å². The molecule has 0 radical (unpaired) electrons. The Morgan fingerprint density at radius 1 is 1.37 bits per heavy atom. The first kappa shape index (κ1) is 12.3. The van der Waals surface area contributed by atoms with Crippen LogP contribution in [0.15, 0.2) is 30.7 Å². The highest BCUT2D eigenvalue weighted by atomic mass is 15.2. The lowest BCUT2D eigenvalue weighted by Crippen LogP contribution is -2.45. The molecule has 2 aromatic heterocycles. The van der Waals surface area contributed by atoms with Gasteiger partial charge in [-0.2, -0.15) is 5.10 Å². The first-order valence-electron chi connectivity index (χ1n) is 6.68. The third-order valence-electron chi connectivity index (χ3n) is 3.75. The van der Waals surface area contributed by atoms with E-state index < -0.39 is 0 Å². The summed E-state index contributed by atoms with van der Waals surface area (Å²) in [5.41, 5.74) is 3.76. The SMILES string of the molecule is Cc1[nH]ncc1CN1CCNCC1c1ccncc1. The fourth-order valence-electron chi connectivity index (χ4n) is 2.60. The molecule has 0 aromatic carbocycles. The lowest BCUT2D eigenvalue weighted by molar-refractivity contribution is 0.153. The summed E-state index contributed by atoms with van der Waals surface area (Å²) in [5.74, 6) is 0. The molecule has 0 saturated carbocycles. The van der Waals surface area contributed by atoms with Gasteiger partial charge in [-0.3, -0.25) is 15.0 Å². The molecular weight excluding hydrogens is 238 g/mol. The van der Waals surface area contributed by atoms with E-state index in [-0.39, 0.29) is 0 Å². The number of hydrogen-bond acceptors (Lipinski definition) is 4. The lowest BCUT2D eigenvalue weighted by atomic mass is 10.0. The maximum Gasteiger partial charge on any atom is 0.0535 e. The molecule has 3 rings (SSSR count). The van der Waals surface area contributed by atoms with Gasteiger partial charge in [0.1, 0.15) is 0 Å². The van der Waals surface area contributed by atoms with Crippen LogP contribution in [0.4, 0.5) is 0 Å². The van der Waals surface area contributed by atoms with E-state index >= 15 is 0 Å². The average molecular weight is 257 g/mol. The Morgan fingerprint density at radius 3 is 2.95 bits per heavy atom. The summed E-state index contributed by atoms with van der Waals surface area (Å²) in [7, 11) is 0. The van der Waals surface area contributed by atoms with Crippen molar-refractivity contribution in [2.75, 3.05) is 19.6 Å². The van der Waals surface area contributed by atoms with Crippen LogP contribution < -0.4 is 5.32 Å². The van der Waals surface area contributed by atoms with Crippen LogP contribution in [0.2, 0.25) is 0 Å². The van der Waals surface area contributed by atoms with Gasteiger partial charge in [-0.05, 0) is 24.6 Å². The molecule has 1 unspecified atom stereocenters. The Labute approximate surface area is 113 Å². The minimum Gasteiger partial charge on any atom is -0.314 e. The monoisotopic (exact) mass is 257 g/mol. The molecule has 3 heterocycles. The van der Waals surface area contributed by atoms with Crippen LogP contribution >= 0.6 is 0 Å². The summed E-state index contributed by atoms with van der Waals surface area (Å²) < 4.78 is 0. The number of hydrogen-bond donors (Lipinski definition) is 2. The van der Waals surface area contributed by atoms with Crippen molar-refractivity contribution in [1.82, 2.24) is 25.4 Å². The van der Waals surface area contributed by atoms with Gasteiger partial charge < -0.3 is 5.32 Å². The summed E-state index contributed by atoms with van der Waals surface area (Å²) in [6, 6.07) is 4.62. The van der Waals surface area contributed by atoms with Gasteiger partial charge in [0.25, 0.3) is 0 Å². The number of pyridine rings is 1. The molecular formula is C14H19N5. The van der Waals surface area contributed by atoms with Crippen LogP contribution in [0.1, 0.15) is 22.9 Å². The van der Waals surface area contributed by atoms with Crippen molar-refractivity contribution in [3.05, 3.63) is 47.5 Å². The molecule has 5 heteroatoms. The number of H-pyrrole nitrogens is 1. The first-order chi connectivity index (χ1) is 9.34. The van der Waals surface area contributed by atoms with E-state index in [1.165, 1.54) is 11.1 Å². The van der Waals surface area contributed by atoms with E-state index in [2.05, 4.69) is 44.5 Å². The molecule has 19 heavy (non-hydrogen) atoms. The minimum absolute atomic E-state index is 0.408. The van der Waals surface area contributed by atoms with Crippen molar-refractivity contribution in [3.8, 4) is 0 Å². The van der Waals surface area contributed by atoms with Gasteiger partial charge in [0.15, 0.2) is 0 Å². The number of aromatic amines is 1. The quantitative estimate of drug-likeness (QED) is 0.869. The predicted molar refractivity (Wildman–Crippen MR) is 73.6 cm³/mol. The summed E-state index contributed by atoms with van der Waals surface area (Å²) in [6.07, 6.45) is 5.66. The van der Waals surface area contributed by atoms with Gasteiger partial charge >= 0.3 is 0 Å². The van der Waals surface area contributed by atoms with Crippen LogP contribution in [0.5, 0.6) is 0 Å². The minimum atomic E-state index is 0.408. The van der Waals surface area contributed by atoms with Gasteiger partial charge in [0.05, 0.1) is 6.20 Å². The molecule has 1 atom stereocenters. The molecule has 0 aliphatic carbocycles. The summed E-state index contributed by atoms with van der Waals surface area (Å²) >= 11 is 0. The van der Waals surface area contributed by atoms with Crippen molar-refractivity contribution in [2.24, 2.45) is 0 Å². The molecule has 0 amide bonds. The maximum atomic E-state index is 4.11. The topological polar surface area (TPSA) is 56.8 Å². The molecule has 1 aliphatic rings. The predicted octanol–water partition coefficient (Wildman–Crippen LogP) is 1.26. The average Bonchev–Trinajstić information content (AvgIpc) is 2.86. The maximum absolute atomic E-state index is 4.11. The fourth-order valence-corrected chi connectivity index (χ4v) is 2.60. The molecule has 0 bridgehead atoms. The number of piperazine rings is 1. The third kappa shape index (κ3) is 2.67. The number of aryl methyl sites for hydroxylation is 1. The zero-order valence-electron chi connectivity index (χ0n) is 11.1. The Hall–Kier alpha value is -1.72. The van der Waals surface area contributed by atoms with E-state index in [4.69, 9.17) is 0 Å². The molecule has 1 aliphatic heterocycles. The fraction of sp³-hybridized carbons (Fsp3) is 0.429. The zero-order valence-corrected chi connectivity index (χ0v) is 11.1. The van der Waals surface area contributed by atoms with E-state index in [0.717, 1.165) is 31.9 Å². The van der Waals surface area contributed by atoms with Crippen LogP contribution in [0.25, 0.3) is 0 Å². The standard InChI is InChI=1S/C14H19N5/c1-11-13(8-17-18-11)10-19-7-6-16-9-14(19)12-2-4-15-5-3-12/h2-5,8,14,16H,6-7,9-10H2,1H3,(H,17,18). The number of nitrogens with one attached hydrogen (secondary N) is 2. The van der Waals surface area contributed by atoms with Gasteiger partial charge in [-0.25, -0.2) is 0 Å². The van der Waals surface area contributed by atoms with Crippen molar-refractivity contribution in [1.29, 1.82) is 0 Å². The van der Waals surface area contributed by atoms with Gasteiger partial charge in [-0.1, -0.05) is 0 Å². The Kier molecular flexibility index (Phi) is 3.57. The molecule has 0 spiro atoms. The van der Waals surface area contributed by atoms with Crippen LogP contribution in [0.3, 0.4) is 0 Å².